The van der Waals surface area contributed by atoms with Gasteiger partial charge in [0.05, 0.1) is 17.3 Å². The quantitative estimate of drug-likeness (QED) is 0.827. The molecule has 0 saturated carbocycles. The van der Waals surface area contributed by atoms with Crippen LogP contribution in [0, 0.1) is 5.82 Å². The van der Waals surface area contributed by atoms with Crippen LogP contribution < -0.4 is 5.32 Å². The lowest BCUT2D eigenvalue weighted by atomic mass is 10.1. The summed E-state index contributed by atoms with van der Waals surface area (Å²) in [5.74, 6) is -0.503. The van der Waals surface area contributed by atoms with Crippen molar-refractivity contribution in [1.82, 2.24) is 15.1 Å². The summed E-state index contributed by atoms with van der Waals surface area (Å²) in [6.07, 6.45) is 2.60. The van der Waals surface area contributed by atoms with Crippen molar-refractivity contribution >= 4 is 23.2 Å². The van der Waals surface area contributed by atoms with E-state index in [9.17, 15) is 9.50 Å². The number of rotatable bonds is 5. The first-order valence-corrected chi connectivity index (χ1v) is 7.18. The van der Waals surface area contributed by atoms with Crippen molar-refractivity contribution in [3.05, 3.63) is 51.5 Å². The van der Waals surface area contributed by atoms with E-state index in [1.54, 1.807) is 31.0 Å². The van der Waals surface area contributed by atoms with E-state index in [2.05, 4.69) is 10.4 Å². The van der Waals surface area contributed by atoms with Crippen LogP contribution in [0.5, 0.6) is 0 Å². The number of aryl methyl sites for hydroxylation is 1. The summed E-state index contributed by atoms with van der Waals surface area (Å²) in [6, 6.07) is 2.54. The van der Waals surface area contributed by atoms with Gasteiger partial charge in [-0.05, 0) is 19.1 Å². The average Bonchev–Trinajstić information content (AvgIpc) is 2.86. The summed E-state index contributed by atoms with van der Waals surface area (Å²) in [4.78, 5) is 0. The molecular formula is C14H16Cl2FN3O. The van der Waals surface area contributed by atoms with Gasteiger partial charge in [-0.3, -0.25) is 4.68 Å². The Bertz CT molecular complexity index is 633. The lowest BCUT2D eigenvalue weighted by Gasteiger charge is -2.18. The van der Waals surface area contributed by atoms with Gasteiger partial charge in [0.15, 0.2) is 0 Å². The SMILES string of the molecule is CC(NCC(O)c1cnn(C)c1)c1cc(Cl)cc(Cl)c1F. The number of halogens is 3. The van der Waals surface area contributed by atoms with Crippen LogP contribution in [0.25, 0.3) is 0 Å². The van der Waals surface area contributed by atoms with E-state index in [-0.39, 0.29) is 17.6 Å². The van der Waals surface area contributed by atoms with Crippen molar-refractivity contribution in [2.45, 2.75) is 19.1 Å². The Kier molecular flexibility index (Phi) is 5.22. The zero-order chi connectivity index (χ0) is 15.6. The number of nitrogens with one attached hydrogen (secondary N) is 1. The van der Waals surface area contributed by atoms with E-state index < -0.39 is 11.9 Å². The van der Waals surface area contributed by atoms with Crippen molar-refractivity contribution < 1.29 is 9.50 Å². The van der Waals surface area contributed by atoms with Crippen molar-refractivity contribution in [3.63, 3.8) is 0 Å². The van der Waals surface area contributed by atoms with Gasteiger partial charge in [0.1, 0.15) is 5.82 Å². The van der Waals surface area contributed by atoms with Gasteiger partial charge in [0, 0.05) is 42.0 Å². The topological polar surface area (TPSA) is 50.1 Å². The molecule has 0 aliphatic heterocycles. The fourth-order valence-corrected chi connectivity index (χ4v) is 2.53. The summed E-state index contributed by atoms with van der Waals surface area (Å²) >= 11 is 11.7. The van der Waals surface area contributed by atoms with E-state index in [1.165, 1.54) is 12.1 Å². The molecule has 1 aromatic heterocycles. The van der Waals surface area contributed by atoms with E-state index in [1.807, 2.05) is 0 Å². The molecule has 4 nitrogen and oxygen atoms in total. The van der Waals surface area contributed by atoms with Gasteiger partial charge in [0.2, 0.25) is 0 Å². The molecule has 0 bridgehead atoms. The summed E-state index contributed by atoms with van der Waals surface area (Å²) < 4.78 is 15.6. The zero-order valence-corrected chi connectivity index (χ0v) is 13.2. The van der Waals surface area contributed by atoms with Crippen LogP contribution in [0.4, 0.5) is 4.39 Å². The molecule has 21 heavy (non-hydrogen) atoms. The standard InChI is InChI=1S/C14H16Cl2FN3O/c1-8(11-3-10(15)4-12(16)14(11)17)18-6-13(21)9-5-19-20(2)7-9/h3-5,7-8,13,18,21H,6H2,1-2H3. The number of nitrogens with zero attached hydrogens (tertiary/aromatic N) is 2. The van der Waals surface area contributed by atoms with Gasteiger partial charge in [-0.1, -0.05) is 23.2 Å². The van der Waals surface area contributed by atoms with Gasteiger partial charge in [-0.2, -0.15) is 5.10 Å². The second-order valence-corrected chi connectivity index (χ2v) is 5.73. The minimum Gasteiger partial charge on any atom is -0.387 e. The summed E-state index contributed by atoms with van der Waals surface area (Å²) in [5, 5.41) is 17.5. The first kappa shape index (κ1) is 16.2. The first-order valence-electron chi connectivity index (χ1n) is 6.43. The maximum atomic E-state index is 14.0. The number of hydrogen-bond donors (Lipinski definition) is 2. The van der Waals surface area contributed by atoms with Crippen molar-refractivity contribution in [2.24, 2.45) is 7.05 Å². The van der Waals surface area contributed by atoms with Crippen LogP contribution in [-0.4, -0.2) is 21.4 Å². The molecule has 0 radical (unpaired) electrons. The Morgan fingerprint density at radius 3 is 2.76 bits per heavy atom. The van der Waals surface area contributed by atoms with Gasteiger partial charge in [0.25, 0.3) is 0 Å². The Hall–Kier alpha value is -1.14. The minimum atomic E-state index is -0.723. The first-order chi connectivity index (χ1) is 9.88. The smallest absolute Gasteiger partial charge is 0.146 e. The molecule has 2 aromatic rings. The normalized spacial score (nSPS) is 14.2. The summed E-state index contributed by atoms with van der Waals surface area (Å²) in [5.41, 5.74) is 1.06. The number of benzene rings is 1. The Labute approximate surface area is 132 Å². The van der Waals surface area contributed by atoms with Crippen molar-refractivity contribution in [3.8, 4) is 0 Å². The lowest BCUT2D eigenvalue weighted by Crippen LogP contribution is -2.25. The van der Waals surface area contributed by atoms with E-state index in [0.29, 0.717) is 16.1 Å². The number of aromatic nitrogens is 2. The predicted molar refractivity (Wildman–Crippen MR) is 81.0 cm³/mol. The van der Waals surface area contributed by atoms with Crippen LogP contribution in [0.3, 0.4) is 0 Å². The Balaban J connectivity index is 2.03. The van der Waals surface area contributed by atoms with Crippen LogP contribution >= 0.6 is 23.2 Å². The van der Waals surface area contributed by atoms with Crippen molar-refractivity contribution in [2.75, 3.05) is 6.54 Å². The van der Waals surface area contributed by atoms with Gasteiger partial charge in [-0.25, -0.2) is 4.39 Å². The third kappa shape index (κ3) is 3.95. The highest BCUT2D eigenvalue weighted by Gasteiger charge is 2.17. The average molecular weight is 332 g/mol. The second-order valence-electron chi connectivity index (χ2n) is 4.88. The number of hydrogen-bond acceptors (Lipinski definition) is 3. The highest BCUT2D eigenvalue weighted by molar-refractivity contribution is 6.34. The molecule has 7 heteroatoms. The molecule has 2 N–H and O–H groups in total. The van der Waals surface area contributed by atoms with E-state index in [4.69, 9.17) is 23.2 Å². The maximum absolute atomic E-state index is 14.0. The van der Waals surface area contributed by atoms with Crippen LogP contribution in [0.1, 0.15) is 30.2 Å². The molecule has 2 unspecified atom stereocenters. The zero-order valence-electron chi connectivity index (χ0n) is 11.6. The Morgan fingerprint density at radius 2 is 2.14 bits per heavy atom. The van der Waals surface area contributed by atoms with Crippen LogP contribution in [0.2, 0.25) is 10.0 Å². The summed E-state index contributed by atoms with van der Waals surface area (Å²) in [6.45, 7) is 2.04. The van der Waals surface area contributed by atoms with E-state index in [0.717, 1.165) is 0 Å². The Morgan fingerprint density at radius 1 is 1.43 bits per heavy atom. The lowest BCUT2D eigenvalue weighted by molar-refractivity contribution is 0.170. The fourth-order valence-electron chi connectivity index (χ4n) is 2.02. The van der Waals surface area contributed by atoms with Crippen molar-refractivity contribution in [1.29, 1.82) is 0 Å². The third-order valence-corrected chi connectivity index (χ3v) is 3.71. The van der Waals surface area contributed by atoms with E-state index >= 15 is 0 Å². The van der Waals surface area contributed by atoms with Gasteiger partial charge < -0.3 is 10.4 Å². The largest absolute Gasteiger partial charge is 0.387 e. The molecule has 114 valence electrons. The molecule has 0 fully saturated rings. The van der Waals surface area contributed by atoms with Gasteiger partial charge >= 0.3 is 0 Å². The second kappa shape index (κ2) is 6.75. The molecule has 1 heterocycles. The van der Waals surface area contributed by atoms with Crippen LogP contribution in [0.15, 0.2) is 24.5 Å². The highest BCUT2D eigenvalue weighted by Crippen LogP contribution is 2.28. The molecule has 0 aliphatic rings. The monoisotopic (exact) mass is 331 g/mol. The molecule has 2 rings (SSSR count). The van der Waals surface area contributed by atoms with Crippen LogP contribution in [-0.2, 0) is 7.05 Å². The van der Waals surface area contributed by atoms with Gasteiger partial charge in [-0.15, -0.1) is 0 Å². The fraction of sp³-hybridized carbons (Fsp3) is 0.357. The minimum absolute atomic E-state index is 0.0149. The summed E-state index contributed by atoms with van der Waals surface area (Å²) in [7, 11) is 1.77. The molecule has 1 aromatic carbocycles. The third-order valence-electron chi connectivity index (χ3n) is 3.21. The number of aliphatic hydroxyl groups excluding tert-OH is 1. The number of aliphatic hydroxyl groups is 1. The highest BCUT2D eigenvalue weighted by atomic mass is 35.5. The maximum Gasteiger partial charge on any atom is 0.146 e. The molecule has 2 atom stereocenters. The molecule has 0 aliphatic carbocycles. The predicted octanol–water partition coefficient (Wildman–Crippen LogP) is 3.25. The molecular weight excluding hydrogens is 316 g/mol. The molecule has 0 saturated heterocycles. The molecule has 0 amide bonds. The molecule has 0 spiro atoms.